The zero-order valence-electron chi connectivity index (χ0n) is 6.02. The van der Waals surface area contributed by atoms with Gasteiger partial charge >= 0.3 is 0 Å². The van der Waals surface area contributed by atoms with Gasteiger partial charge < -0.3 is 0 Å². The molecule has 0 heterocycles. The maximum Gasteiger partial charge on any atom is 0.231 e. The fourth-order valence-electron chi connectivity index (χ4n) is 0.238. The van der Waals surface area contributed by atoms with Crippen molar-refractivity contribution in [2.75, 3.05) is 11.5 Å². The van der Waals surface area contributed by atoms with Crippen LogP contribution >= 0.6 is 22.8 Å². The molecule has 1 atom stereocenters. The molecule has 0 fully saturated rings. The molecule has 0 aromatic heterocycles. The highest BCUT2D eigenvalue weighted by molar-refractivity contribution is 8.68. The van der Waals surface area contributed by atoms with Gasteiger partial charge in [-0.05, 0) is 10.8 Å². The zero-order chi connectivity index (χ0) is 8.53. The third kappa shape index (κ3) is 8.19. The van der Waals surface area contributed by atoms with E-state index in [0.717, 1.165) is 12.0 Å². The number of hydrogen-bond acceptors (Lipinski definition) is 4. The van der Waals surface area contributed by atoms with Crippen molar-refractivity contribution < 1.29 is 7.84 Å². The van der Waals surface area contributed by atoms with Crippen LogP contribution in [0, 0.1) is 0 Å². The van der Waals surface area contributed by atoms with Crippen LogP contribution in [0.3, 0.4) is 0 Å². The van der Waals surface area contributed by atoms with Crippen molar-refractivity contribution in [3.05, 3.63) is 25.3 Å². The second-order valence-corrected chi connectivity index (χ2v) is 5.03. The van der Waals surface area contributed by atoms with Crippen molar-refractivity contribution in [3.8, 4) is 0 Å². The average Bonchev–Trinajstić information content (AvgIpc) is 2.01. The minimum absolute atomic E-state index is 0.640. The molecule has 5 heteroatoms. The normalized spacial score (nSPS) is 12.4. The van der Waals surface area contributed by atoms with E-state index in [-0.39, 0.29) is 0 Å². The minimum atomic E-state index is -1.26. The zero-order valence-corrected chi connectivity index (χ0v) is 8.47. The first-order valence-electron chi connectivity index (χ1n) is 2.88. The van der Waals surface area contributed by atoms with Gasteiger partial charge in [-0.25, -0.2) is 7.84 Å². The molecule has 64 valence electrons. The second-order valence-electron chi connectivity index (χ2n) is 1.42. The highest BCUT2D eigenvalue weighted by Gasteiger charge is 1.98. The first kappa shape index (κ1) is 11.3. The van der Waals surface area contributed by atoms with Gasteiger partial charge in [-0.1, -0.05) is 12.2 Å². The molecule has 1 unspecified atom stereocenters. The topological polar surface area (TPSA) is 26.3 Å². The van der Waals surface area contributed by atoms with Crippen molar-refractivity contribution in [2.24, 2.45) is 0 Å². The van der Waals surface area contributed by atoms with Crippen LogP contribution in [0.2, 0.25) is 0 Å². The molecule has 0 N–H and O–H groups in total. The van der Waals surface area contributed by atoms with E-state index in [1.165, 1.54) is 10.8 Å². The van der Waals surface area contributed by atoms with Crippen LogP contribution in [-0.4, -0.2) is 15.7 Å². The largest absolute Gasteiger partial charge is 0.231 e. The Morgan fingerprint density at radius 1 is 1.36 bits per heavy atom. The summed E-state index contributed by atoms with van der Waals surface area (Å²) in [5.41, 5.74) is 0. The Morgan fingerprint density at radius 3 is 2.55 bits per heavy atom. The van der Waals surface area contributed by atoms with E-state index >= 15 is 0 Å². The molecule has 0 aromatic rings. The predicted molar refractivity (Wildman–Crippen MR) is 54.5 cm³/mol. The van der Waals surface area contributed by atoms with Gasteiger partial charge in [0.05, 0.1) is 0 Å². The monoisotopic (exact) mass is 210 g/mol. The van der Waals surface area contributed by atoms with E-state index in [9.17, 15) is 4.21 Å². The molecular weight excluding hydrogens is 200 g/mol. The number of rotatable bonds is 7. The Bertz CT molecular complexity index is 147. The average molecular weight is 210 g/mol. The fourth-order valence-corrected chi connectivity index (χ4v) is 2.56. The molecule has 11 heavy (non-hydrogen) atoms. The quantitative estimate of drug-likeness (QED) is 0.279. The third-order valence-corrected chi connectivity index (χ3v) is 3.82. The molecule has 0 radical (unpaired) electrons. The van der Waals surface area contributed by atoms with Gasteiger partial charge in [-0.2, -0.15) is 0 Å². The van der Waals surface area contributed by atoms with Gasteiger partial charge in [-0.15, -0.1) is 13.2 Å². The van der Waals surface area contributed by atoms with Gasteiger partial charge in [0.1, 0.15) is 0 Å². The maximum atomic E-state index is 10.8. The van der Waals surface area contributed by atoms with Gasteiger partial charge in [-0.3, -0.25) is 0 Å². The molecule has 0 saturated heterocycles. The van der Waals surface area contributed by atoms with Crippen LogP contribution in [0.25, 0.3) is 0 Å². The van der Waals surface area contributed by atoms with Gasteiger partial charge in [0.2, 0.25) is 10.1 Å². The molecule has 2 nitrogen and oxygen atoms in total. The third-order valence-electron chi connectivity index (χ3n) is 0.572. The van der Waals surface area contributed by atoms with E-state index < -0.39 is 10.1 Å². The summed E-state index contributed by atoms with van der Waals surface area (Å²) in [7, 11) is -0.0571. The van der Waals surface area contributed by atoms with Crippen LogP contribution in [0.1, 0.15) is 0 Å². The maximum absolute atomic E-state index is 10.8. The lowest BCUT2D eigenvalue weighted by Gasteiger charge is -1.96. The Kier molecular flexibility index (Phi) is 8.61. The van der Waals surface area contributed by atoms with Crippen molar-refractivity contribution in [1.82, 2.24) is 0 Å². The molecule has 0 aliphatic rings. The lowest BCUT2D eigenvalue weighted by molar-refractivity contribution is 0.626. The fraction of sp³-hybridized carbons (Fsp3) is 0.333. The Balaban J connectivity index is 3.21. The molecule has 0 aliphatic carbocycles. The van der Waals surface area contributed by atoms with E-state index in [1.807, 2.05) is 0 Å². The Hall–Kier alpha value is 0.290. The van der Waals surface area contributed by atoms with Gasteiger partial charge in [0.15, 0.2) is 0 Å². The first-order valence-corrected chi connectivity index (χ1v) is 6.37. The van der Waals surface area contributed by atoms with Crippen LogP contribution in [0.5, 0.6) is 0 Å². The molecule has 0 aliphatic heterocycles. The number of hydrogen-bond donors (Lipinski definition) is 0. The summed E-state index contributed by atoms with van der Waals surface area (Å²) in [6.45, 7) is 6.99. The van der Waals surface area contributed by atoms with E-state index in [4.69, 9.17) is 3.63 Å². The lowest BCUT2D eigenvalue weighted by atomic mass is 10.8. The molecule has 0 aromatic carbocycles. The molecule has 0 amide bonds. The first-order chi connectivity index (χ1) is 5.31. The summed E-state index contributed by atoms with van der Waals surface area (Å²) in [4.78, 5) is 0. The van der Waals surface area contributed by atoms with Crippen LogP contribution < -0.4 is 0 Å². The van der Waals surface area contributed by atoms with E-state index in [1.54, 1.807) is 12.2 Å². The summed E-state index contributed by atoms with van der Waals surface area (Å²) < 4.78 is 15.6. The predicted octanol–water partition coefficient (Wildman–Crippen LogP) is 2.34. The van der Waals surface area contributed by atoms with E-state index in [2.05, 4.69) is 13.2 Å². The van der Waals surface area contributed by atoms with Crippen LogP contribution in [0.4, 0.5) is 0 Å². The summed E-state index contributed by atoms with van der Waals surface area (Å²) in [5.74, 6) is 1.29. The lowest BCUT2D eigenvalue weighted by Crippen LogP contribution is -1.85. The van der Waals surface area contributed by atoms with Crippen LogP contribution in [-0.2, 0) is 13.7 Å². The van der Waals surface area contributed by atoms with E-state index in [0.29, 0.717) is 11.5 Å². The van der Waals surface area contributed by atoms with Crippen LogP contribution in [0.15, 0.2) is 25.3 Å². The standard InChI is InChI=1S/C6H10O2S3/c1-3-5-9-8-11(7)10-6-4-2/h3-4H,1-2,5-6H2. The Labute approximate surface area is 77.7 Å². The van der Waals surface area contributed by atoms with Crippen molar-refractivity contribution in [2.45, 2.75) is 0 Å². The molecular formula is C6H10O2S3. The smallest absolute Gasteiger partial charge is 0.216 e. The molecule has 0 rings (SSSR count). The second kappa shape index (κ2) is 8.39. The SMILES string of the molecule is C=CCSOS(=O)SCC=C. The summed E-state index contributed by atoms with van der Waals surface area (Å²) in [5, 5.41) is 0. The molecule has 0 saturated carbocycles. The van der Waals surface area contributed by atoms with Gasteiger partial charge in [0.25, 0.3) is 0 Å². The Morgan fingerprint density at radius 2 is 2.00 bits per heavy atom. The summed E-state index contributed by atoms with van der Waals surface area (Å²) in [6.07, 6.45) is 3.38. The summed E-state index contributed by atoms with van der Waals surface area (Å²) in [6, 6.07) is 0. The minimum Gasteiger partial charge on any atom is -0.216 e. The summed E-state index contributed by atoms with van der Waals surface area (Å²) >= 11 is 1.14. The van der Waals surface area contributed by atoms with Crippen molar-refractivity contribution in [1.29, 1.82) is 0 Å². The highest BCUT2D eigenvalue weighted by Crippen LogP contribution is 2.15. The van der Waals surface area contributed by atoms with Gasteiger partial charge in [0, 0.05) is 23.5 Å². The highest BCUT2D eigenvalue weighted by atomic mass is 33.1. The molecule has 0 spiro atoms. The molecule has 0 bridgehead atoms. The van der Waals surface area contributed by atoms with Crippen molar-refractivity contribution >= 4 is 32.9 Å². The van der Waals surface area contributed by atoms with Crippen molar-refractivity contribution in [3.63, 3.8) is 0 Å².